The quantitative estimate of drug-likeness (QED) is 0.497. The lowest BCUT2D eigenvalue weighted by atomic mass is 10.2. The first kappa shape index (κ1) is 13.9. The van der Waals surface area contributed by atoms with E-state index in [9.17, 15) is 4.79 Å². The van der Waals surface area contributed by atoms with Gasteiger partial charge in [-0.3, -0.25) is 0 Å². The van der Waals surface area contributed by atoms with E-state index in [-0.39, 0.29) is 5.76 Å². The van der Waals surface area contributed by atoms with Gasteiger partial charge in [0, 0.05) is 9.86 Å². The van der Waals surface area contributed by atoms with Gasteiger partial charge in [0.15, 0.2) is 0 Å². The Hall–Kier alpha value is -2.07. The third-order valence-electron chi connectivity index (χ3n) is 3.22. The van der Waals surface area contributed by atoms with Gasteiger partial charge in [-0.2, -0.15) is 0 Å². The zero-order valence-electron chi connectivity index (χ0n) is 11.4. The molecule has 0 atom stereocenters. The Bertz CT molecular complexity index is 787. The Kier molecular flexibility index (Phi) is 3.80. The molecule has 0 N–H and O–H groups in total. The maximum atomic E-state index is 12.1. The van der Waals surface area contributed by atoms with Gasteiger partial charge in [0.05, 0.1) is 0 Å². The van der Waals surface area contributed by atoms with Crippen molar-refractivity contribution in [1.82, 2.24) is 0 Å². The predicted molar refractivity (Wildman–Crippen MR) is 84.7 cm³/mol. The Balaban J connectivity index is 1.82. The minimum absolute atomic E-state index is 0.197. The number of carbonyl (C=O) groups is 1. The average Bonchev–Trinajstić information content (AvgIpc) is 2.91. The molecular weight excluding hydrogens is 332 g/mol. The summed E-state index contributed by atoms with van der Waals surface area (Å²) in [7, 11) is 0. The highest BCUT2D eigenvalue weighted by atomic mass is 79.9. The molecule has 0 aliphatic heterocycles. The number of furan rings is 1. The van der Waals surface area contributed by atoms with E-state index in [0.717, 1.165) is 16.3 Å². The molecule has 106 valence electrons. The number of fused-ring (bicyclic) bond motifs is 1. The van der Waals surface area contributed by atoms with E-state index in [4.69, 9.17) is 9.15 Å². The molecule has 0 aliphatic carbocycles. The zero-order valence-corrected chi connectivity index (χ0v) is 13.0. The Morgan fingerprint density at radius 3 is 2.62 bits per heavy atom. The third-order valence-corrected chi connectivity index (χ3v) is 3.71. The molecule has 1 heterocycles. The van der Waals surface area contributed by atoms with Gasteiger partial charge in [-0.05, 0) is 48.4 Å². The van der Waals surface area contributed by atoms with E-state index < -0.39 is 5.97 Å². The lowest BCUT2D eigenvalue weighted by Gasteiger charge is -2.02. The van der Waals surface area contributed by atoms with Gasteiger partial charge in [-0.25, -0.2) is 4.79 Å². The number of aryl methyl sites for hydroxylation is 1. The van der Waals surface area contributed by atoms with Crippen LogP contribution in [-0.4, -0.2) is 5.97 Å². The number of hydrogen-bond acceptors (Lipinski definition) is 3. The molecule has 0 spiro atoms. The summed E-state index contributed by atoms with van der Waals surface area (Å²) in [5.41, 5.74) is 1.86. The van der Waals surface area contributed by atoms with Crippen LogP contribution in [0.2, 0.25) is 0 Å². The van der Waals surface area contributed by atoms with Crippen LogP contribution >= 0.6 is 15.9 Å². The maximum absolute atomic E-state index is 12.1. The molecule has 0 radical (unpaired) electrons. The molecule has 0 bridgehead atoms. The van der Waals surface area contributed by atoms with Crippen LogP contribution in [0.1, 0.15) is 23.0 Å². The molecule has 2 aromatic carbocycles. The SMILES string of the molecule is CCc1ccc(OC(=O)c2cc3cc(Br)ccc3o2)cc1. The summed E-state index contributed by atoms with van der Waals surface area (Å²) in [5, 5.41) is 0.859. The fourth-order valence-corrected chi connectivity index (χ4v) is 2.44. The molecule has 0 amide bonds. The van der Waals surface area contributed by atoms with Crippen molar-refractivity contribution in [2.24, 2.45) is 0 Å². The molecule has 3 nitrogen and oxygen atoms in total. The van der Waals surface area contributed by atoms with Gasteiger partial charge in [0.1, 0.15) is 11.3 Å². The van der Waals surface area contributed by atoms with E-state index in [1.54, 1.807) is 18.2 Å². The largest absolute Gasteiger partial charge is 0.449 e. The Morgan fingerprint density at radius 1 is 1.14 bits per heavy atom. The van der Waals surface area contributed by atoms with Crippen LogP contribution in [0.3, 0.4) is 0 Å². The minimum atomic E-state index is -0.494. The Morgan fingerprint density at radius 2 is 1.90 bits per heavy atom. The lowest BCUT2D eigenvalue weighted by Crippen LogP contribution is -2.07. The summed E-state index contributed by atoms with van der Waals surface area (Å²) in [4.78, 5) is 12.1. The van der Waals surface area contributed by atoms with Crippen LogP contribution in [0.15, 0.2) is 57.4 Å². The van der Waals surface area contributed by atoms with E-state index in [2.05, 4.69) is 22.9 Å². The number of halogens is 1. The van der Waals surface area contributed by atoms with Crippen LogP contribution in [-0.2, 0) is 6.42 Å². The predicted octanol–water partition coefficient (Wildman–Crippen LogP) is 4.98. The topological polar surface area (TPSA) is 39.4 Å². The first-order valence-corrected chi connectivity index (χ1v) is 7.45. The summed E-state index contributed by atoms with van der Waals surface area (Å²) in [5.74, 6) is 0.216. The van der Waals surface area contributed by atoms with Crippen molar-refractivity contribution in [3.8, 4) is 5.75 Å². The monoisotopic (exact) mass is 344 g/mol. The van der Waals surface area contributed by atoms with Crippen molar-refractivity contribution in [2.45, 2.75) is 13.3 Å². The minimum Gasteiger partial charge on any atom is -0.449 e. The smallest absolute Gasteiger partial charge is 0.379 e. The molecule has 0 saturated heterocycles. The maximum Gasteiger partial charge on any atom is 0.379 e. The van der Waals surface area contributed by atoms with Crippen molar-refractivity contribution >= 4 is 32.9 Å². The number of rotatable bonds is 3. The van der Waals surface area contributed by atoms with Gasteiger partial charge in [-0.15, -0.1) is 0 Å². The summed E-state index contributed by atoms with van der Waals surface area (Å²) in [6.45, 7) is 2.08. The summed E-state index contributed by atoms with van der Waals surface area (Å²) in [6.07, 6.45) is 0.951. The van der Waals surface area contributed by atoms with Gasteiger partial charge in [0.2, 0.25) is 5.76 Å². The number of benzene rings is 2. The number of hydrogen-bond donors (Lipinski definition) is 0. The zero-order chi connectivity index (χ0) is 14.8. The summed E-state index contributed by atoms with van der Waals surface area (Å²) >= 11 is 3.39. The number of esters is 1. The molecule has 21 heavy (non-hydrogen) atoms. The van der Waals surface area contributed by atoms with Crippen molar-refractivity contribution in [2.75, 3.05) is 0 Å². The van der Waals surface area contributed by atoms with Crippen molar-refractivity contribution in [3.63, 3.8) is 0 Å². The number of carbonyl (C=O) groups excluding carboxylic acids is 1. The third kappa shape index (κ3) is 3.00. The molecule has 0 aliphatic rings. The van der Waals surface area contributed by atoms with Crippen LogP contribution in [0.5, 0.6) is 5.75 Å². The summed E-state index contributed by atoms with van der Waals surface area (Å²) < 4.78 is 11.8. The molecule has 0 saturated carbocycles. The van der Waals surface area contributed by atoms with Gasteiger partial charge >= 0.3 is 5.97 Å². The standard InChI is InChI=1S/C17H13BrO3/c1-2-11-3-6-14(7-4-11)20-17(19)16-10-12-9-13(18)5-8-15(12)21-16/h3-10H,2H2,1H3. The first-order chi connectivity index (χ1) is 10.2. The normalized spacial score (nSPS) is 10.8. The number of ether oxygens (including phenoxy) is 1. The highest BCUT2D eigenvalue weighted by Gasteiger charge is 2.14. The van der Waals surface area contributed by atoms with Gasteiger partial charge in [-0.1, -0.05) is 35.0 Å². The van der Waals surface area contributed by atoms with E-state index in [1.165, 1.54) is 5.56 Å². The van der Waals surface area contributed by atoms with E-state index in [0.29, 0.717) is 11.3 Å². The lowest BCUT2D eigenvalue weighted by molar-refractivity contribution is 0.0704. The fraction of sp³-hybridized carbons (Fsp3) is 0.118. The van der Waals surface area contributed by atoms with E-state index >= 15 is 0 Å². The summed E-state index contributed by atoms with van der Waals surface area (Å²) in [6, 6.07) is 14.7. The van der Waals surface area contributed by atoms with Gasteiger partial charge < -0.3 is 9.15 Å². The highest BCUT2D eigenvalue weighted by molar-refractivity contribution is 9.10. The van der Waals surface area contributed by atoms with Crippen LogP contribution in [0.25, 0.3) is 11.0 Å². The van der Waals surface area contributed by atoms with Crippen molar-refractivity contribution in [3.05, 3.63) is 64.3 Å². The van der Waals surface area contributed by atoms with Crippen LogP contribution < -0.4 is 4.74 Å². The molecule has 1 aromatic heterocycles. The molecule has 0 unspecified atom stereocenters. The Labute approximate surface area is 130 Å². The first-order valence-electron chi connectivity index (χ1n) is 6.66. The molecule has 4 heteroatoms. The fourth-order valence-electron chi connectivity index (χ4n) is 2.07. The molecule has 3 rings (SSSR count). The molecule has 0 fully saturated rings. The van der Waals surface area contributed by atoms with Crippen LogP contribution in [0, 0.1) is 0 Å². The highest BCUT2D eigenvalue weighted by Crippen LogP contribution is 2.24. The second-order valence-corrected chi connectivity index (χ2v) is 5.60. The molecular formula is C17H13BrO3. The van der Waals surface area contributed by atoms with Crippen molar-refractivity contribution in [1.29, 1.82) is 0 Å². The van der Waals surface area contributed by atoms with Crippen LogP contribution in [0.4, 0.5) is 0 Å². The average molecular weight is 345 g/mol. The molecule has 3 aromatic rings. The van der Waals surface area contributed by atoms with E-state index in [1.807, 2.05) is 30.3 Å². The second kappa shape index (κ2) is 5.74. The van der Waals surface area contributed by atoms with Crippen molar-refractivity contribution < 1.29 is 13.9 Å². The second-order valence-electron chi connectivity index (χ2n) is 4.68. The van der Waals surface area contributed by atoms with Gasteiger partial charge in [0.25, 0.3) is 0 Å².